The predicted molar refractivity (Wildman–Crippen MR) is 222 cm³/mol. The van der Waals surface area contributed by atoms with E-state index in [1.54, 1.807) is 14.7 Å². The number of carbonyl (C=O) groups is 5. The summed E-state index contributed by atoms with van der Waals surface area (Å²) >= 11 is 0. The van der Waals surface area contributed by atoms with E-state index in [9.17, 15) is 32.4 Å². The third-order valence-electron chi connectivity index (χ3n) is 11.6. The van der Waals surface area contributed by atoms with Crippen LogP contribution in [0.25, 0.3) is 0 Å². The average molecular weight is 823 g/mol. The van der Waals surface area contributed by atoms with Crippen molar-refractivity contribution >= 4 is 39.5 Å². The molecule has 5 rings (SSSR count). The molecular weight excluding hydrogens is 761 g/mol. The molecule has 0 aromatic heterocycles. The van der Waals surface area contributed by atoms with Gasteiger partial charge in [-0.3, -0.25) is 19.2 Å². The molecule has 58 heavy (non-hydrogen) atoms. The van der Waals surface area contributed by atoms with Crippen LogP contribution in [0.4, 0.5) is 4.79 Å². The third kappa shape index (κ3) is 12.0. The van der Waals surface area contributed by atoms with E-state index < -0.39 is 57.0 Å². The molecule has 0 aliphatic carbocycles. The highest BCUT2D eigenvalue weighted by atomic mass is 32.2. The number of rotatable bonds is 18. The molecule has 0 saturated carbocycles. The smallest absolute Gasteiger partial charge is 0.320 e. The van der Waals surface area contributed by atoms with Crippen LogP contribution in [0.1, 0.15) is 63.5 Å². The first-order valence-electron chi connectivity index (χ1n) is 20.5. The summed E-state index contributed by atoms with van der Waals surface area (Å²) in [7, 11) is -3.17. The van der Waals surface area contributed by atoms with Crippen molar-refractivity contribution in [3.8, 4) is 0 Å². The van der Waals surface area contributed by atoms with Crippen LogP contribution in [-0.4, -0.2) is 134 Å². The first-order valence-corrected chi connectivity index (χ1v) is 22.5. The SMILES string of the molecule is CC(C)CC(NC(=O)C(Cc1ccccc1)NC(=O)C(N)Cc1ccccc1)C(=O)NC(CCCCN)C(=O)N1CCC2(CC1)CN(C(=O)N1CC(S(C)(=O)=O)C1)C2. The summed E-state index contributed by atoms with van der Waals surface area (Å²) < 4.78 is 23.6. The second kappa shape index (κ2) is 19.9. The van der Waals surface area contributed by atoms with E-state index in [1.807, 2.05) is 74.5 Å². The number of nitrogens with zero attached hydrogens (tertiary/aromatic N) is 3. The van der Waals surface area contributed by atoms with E-state index in [1.165, 1.54) is 6.26 Å². The molecule has 7 N–H and O–H groups in total. The van der Waals surface area contributed by atoms with Gasteiger partial charge < -0.3 is 42.1 Å². The van der Waals surface area contributed by atoms with Crippen LogP contribution in [-0.2, 0) is 41.9 Å². The number of piperidine rings is 1. The Morgan fingerprint density at radius 2 is 1.28 bits per heavy atom. The van der Waals surface area contributed by atoms with Gasteiger partial charge in [0.25, 0.3) is 0 Å². The number of nitrogens with one attached hydrogen (secondary N) is 3. The monoisotopic (exact) mass is 822 g/mol. The molecule has 0 bridgehead atoms. The fourth-order valence-corrected chi connectivity index (χ4v) is 8.90. The molecule has 4 atom stereocenters. The molecular formula is C42H62N8O7S. The molecule has 3 aliphatic heterocycles. The van der Waals surface area contributed by atoms with Crippen molar-refractivity contribution in [3.63, 3.8) is 0 Å². The largest absolute Gasteiger partial charge is 0.343 e. The van der Waals surface area contributed by atoms with Gasteiger partial charge in [-0.1, -0.05) is 74.5 Å². The summed E-state index contributed by atoms with van der Waals surface area (Å²) in [6.45, 7) is 6.84. The standard InChI is InChI=1S/C42H62N8O7S/c1-29(2)22-35(47-39(53)36(24-31-14-8-5-9-15-31)46-37(51)33(44)23-30-12-6-4-7-13-30)38(52)45-34(16-10-11-19-43)40(54)48-20-17-42(18-21-48)27-50(28-42)41(55)49-25-32(26-49)58(3,56)57/h4-9,12-15,29,32-36H,10-11,16-28,43-44H2,1-3H3,(H,45,52)(H,46,51)(H,47,53). The van der Waals surface area contributed by atoms with Gasteiger partial charge in [0.1, 0.15) is 18.1 Å². The Kier molecular flexibility index (Phi) is 15.3. The quantitative estimate of drug-likeness (QED) is 0.136. The normalized spacial score (nSPS) is 18.7. The molecule has 15 nitrogen and oxygen atoms in total. The zero-order chi connectivity index (χ0) is 42.0. The molecule has 16 heteroatoms. The van der Waals surface area contributed by atoms with Gasteiger partial charge in [0.05, 0.1) is 11.3 Å². The maximum Gasteiger partial charge on any atom is 0.320 e. The molecule has 0 radical (unpaired) electrons. The van der Waals surface area contributed by atoms with Crippen molar-refractivity contribution < 1.29 is 32.4 Å². The molecule has 6 amide bonds. The zero-order valence-electron chi connectivity index (χ0n) is 34.1. The number of hydrogen-bond acceptors (Lipinski definition) is 9. The number of benzene rings is 2. The maximum atomic E-state index is 14.1. The molecule has 3 heterocycles. The van der Waals surface area contributed by atoms with Crippen molar-refractivity contribution in [3.05, 3.63) is 71.8 Å². The first kappa shape index (κ1) is 44.6. The average Bonchev–Trinajstić information content (AvgIpc) is 3.15. The zero-order valence-corrected chi connectivity index (χ0v) is 34.9. The molecule has 3 aliphatic rings. The lowest BCUT2D eigenvalue weighted by atomic mass is 9.72. The summed E-state index contributed by atoms with van der Waals surface area (Å²) in [6.07, 6.45) is 5.04. The minimum Gasteiger partial charge on any atom is -0.343 e. The van der Waals surface area contributed by atoms with Gasteiger partial charge in [-0.05, 0) is 68.5 Å². The van der Waals surface area contributed by atoms with Crippen LogP contribution in [0, 0.1) is 11.3 Å². The summed E-state index contributed by atoms with van der Waals surface area (Å²) in [4.78, 5) is 73.6. The van der Waals surface area contributed by atoms with Gasteiger partial charge in [-0.2, -0.15) is 0 Å². The van der Waals surface area contributed by atoms with Gasteiger partial charge in [0.2, 0.25) is 23.6 Å². The fraction of sp³-hybridized carbons (Fsp3) is 0.595. The Labute approximate surface area is 342 Å². The minimum absolute atomic E-state index is 0.0123. The number of likely N-dealkylation sites (tertiary alicyclic amines) is 3. The Morgan fingerprint density at radius 3 is 1.83 bits per heavy atom. The number of hydrogen-bond donors (Lipinski definition) is 5. The molecule has 318 valence electrons. The molecule has 3 saturated heterocycles. The number of nitrogens with two attached hydrogens (primary N) is 2. The minimum atomic E-state index is -3.17. The second-order valence-electron chi connectivity index (χ2n) is 16.9. The van der Waals surface area contributed by atoms with Crippen LogP contribution >= 0.6 is 0 Å². The fourth-order valence-electron chi connectivity index (χ4n) is 8.00. The van der Waals surface area contributed by atoms with Gasteiger partial charge in [-0.15, -0.1) is 0 Å². The van der Waals surface area contributed by atoms with Crippen molar-refractivity contribution in [1.29, 1.82) is 0 Å². The van der Waals surface area contributed by atoms with Crippen molar-refractivity contribution in [1.82, 2.24) is 30.7 Å². The van der Waals surface area contributed by atoms with Gasteiger partial charge >= 0.3 is 6.03 Å². The Morgan fingerprint density at radius 1 is 0.741 bits per heavy atom. The highest BCUT2D eigenvalue weighted by Gasteiger charge is 2.50. The van der Waals surface area contributed by atoms with E-state index in [2.05, 4.69) is 16.0 Å². The van der Waals surface area contributed by atoms with Gasteiger partial charge in [0, 0.05) is 57.4 Å². The van der Waals surface area contributed by atoms with E-state index in [4.69, 9.17) is 11.5 Å². The number of urea groups is 1. The lowest BCUT2D eigenvalue weighted by Gasteiger charge is -2.55. The Balaban J connectivity index is 1.20. The van der Waals surface area contributed by atoms with Crippen LogP contribution in [0.2, 0.25) is 0 Å². The lowest BCUT2D eigenvalue weighted by molar-refractivity contribution is -0.141. The Hall–Kier alpha value is -4.54. The van der Waals surface area contributed by atoms with Crippen LogP contribution in [0.3, 0.4) is 0 Å². The van der Waals surface area contributed by atoms with Crippen molar-refractivity contribution in [2.45, 2.75) is 94.6 Å². The van der Waals surface area contributed by atoms with Crippen LogP contribution in [0.15, 0.2) is 60.7 Å². The molecule has 1 spiro atoms. The summed E-state index contributed by atoms with van der Waals surface area (Å²) in [5.74, 6) is -1.69. The third-order valence-corrected chi connectivity index (χ3v) is 13.1. The van der Waals surface area contributed by atoms with Gasteiger partial charge in [-0.25, -0.2) is 13.2 Å². The van der Waals surface area contributed by atoms with Crippen molar-refractivity contribution in [2.75, 3.05) is 52.1 Å². The lowest BCUT2D eigenvalue weighted by Crippen LogP contribution is -2.68. The van der Waals surface area contributed by atoms with Crippen LogP contribution in [0.5, 0.6) is 0 Å². The van der Waals surface area contributed by atoms with E-state index in [0.29, 0.717) is 71.2 Å². The summed E-state index contributed by atoms with van der Waals surface area (Å²) in [6, 6.07) is 14.8. The summed E-state index contributed by atoms with van der Waals surface area (Å²) in [5.41, 5.74) is 13.7. The maximum absolute atomic E-state index is 14.1. The summed E-state index contributed by atoms with van der Waals surface area (Å²) in [5, 5.41) is 8.21. The van der Waals surface area contributed by atoms with E-state index in [0.717, 1.165) is 11.1 Å². The van der Waals surface area contributed by atoms with E-state index in [-0.39, 0.29) is 49.2 Å². The predicted octanol–water partition coefficient (Wildman–Crippen LogP) is 1.20. The molecule has 2 aromatic carbocycles. The number of carbonyl (C=O) groups excluding carboxylic acids is 5. The molecule has 2 aromatic rings. The number of sulfone groups is 1. The molecule has 3 fully saturated rings. The molecule has 4 unspecified atom stereocenters. The van der Waals surface area contributed by atoms with Crippen molar-refractivity contribution in [2.24, 2.45) is 22.8 Å². The number of unbranched alkanes of at least 4 members (excludes halogenated alkanes) is 1. The first-order chi connectivity index (χ1) is 27.6. The van der Waals surface area contributed by atoms with Crippen LogP contribution < -0.4 is 27.4 Å². The topological polar surface area (TPSA) is 217 Å². The second-order valence-corrected chi connectivity index (χ2v) is 19.2. The highest BCUT2D eigenvalue weighted by Crippen LogP contribution is 2.41. The Bertz CT molecular complexity index is 1830. The van der Waals surface area contributed by atoms with E-state index >= 15 is 0 Å². The highest BCUT2D eigenvalue weighted by molar-refractivity contribution is 7.91. The van der Waals surface area contributed by atoms with Gasteiger partial charge in [0.15, 0.2) is 9.84 Å². The number of amides is 6.